The molecule has 1 aliphatic heterocycles. The van der Waals surface area contributed by atoms with Crippen molar-refractivity contribution in [3.05, 3.63) is 70.2 Å². The fraction of sp³-hybridized carbons (Fsp3) is 0.391. The summed E-state index contributed by atoms with van der Waals surface area (Å²) in [5.74, 6) is 0.390. The highest BCUT2D eigenvalue weighted by Crippen LogP contribution is 2.17. The van der Waals surface area contributed by atoms with Gasteiger partial charge in [-0.25, -0.2) is 0 Å². The topological polar surface area (TPSA) is 49.9 Å². The minimum absolute atomic E-state index is 0.00976. The van der Waals surface area contributed by atoms with Gasteiger partial charge in [0.2, 0.25) is 5.91 Å². The number of benzene rings is 2. The van der Waals surface area contributed by atoms with Gasteiger partial charge in [0, 0.05) is 36.8 Å². The van der Waals surface area contributed by atoms with E-state index >= 15 is 0 Å². The van der Waals surface area contributed by atoms with E-state index in [1.165, 1.54) is 5.56 Å². The molecule has 0 N–H and O–H groups in total. The van der Waals surface area contributed by atoms with Crippen molar-refractivity contribution in [2.24, 2.45) is 0 Å². The molecule has 0 aromatic heterocycles. The Balaban J connectivity index is 1.45. The summed E-state index contributed by atoms with van der Waals surface area (Å²) in [5.41, 5.74) is 2.77. The highest BCUT2D eigenvalue weighted by atomic mass is 35.5. The van der Waals surface area contributed by atoms with Gasteiger partial charge in [0.05, 0.1) is 6.61 Å². The first-order valence-electron chi connectivity index (χ1n) is 9.94. The van der Waals surface area contributed by atoms with Gasteiger partial charge in [-0.3, -0.25) is 9.59 Å². The molecule has 2 aromatic carbocycles. The molecule has 6 heteroatoms. The van der Waals surface area contributed by atoms with Crippen molar-refractivity contribution < 1.29 is 14.3 Å². The van der Waals surface area contributed by atoms with Crippen molar-refractivity contribution in [1.29, 1.82) is 0 Å². The van der Waals surface area contributed by atoms with E-state index in [0.717, 1.165) is 5.56 Å². The molecule has 0 atom stereocenters. The molecule has 1 fully saturated rings. The highest BCUT2D eigenvalue weighted by molar-refractivity contribution is 6.31. The normalized spacial score (nSPS) is 14.3. The summed E-state index contributed by atoms with van der Waals surface area (Å²) in [6.45, 7) is 6.67. The van der Waals surface area contributed by atoms with Crippen LogP contribution in [0.3, 0.4) is 0 Å². The lowest BCUT2D eigenvalue weighted by Crippen LogP contribution is -2.51. The summed E-state index contributed by atoms with van der Waals surface area (Å²) in [6.07, 6.45) is 0. The third-order valence-electron chi connectivity index (χ3n) is 5.18. The molecular formula is C23H27ClN2O3. The lowest BCUT2D eigenvalue weighted by Gasteiger charge is -2.34. The molecular weight excluding hydrogens is 388 g/mol. The van der Waals surface area contributed by atoms with Gasteiger partial charge in [-0.15, -0.1) is 0 Å². The zero-order valence-corrected chi connectivity index (χ0v) is 17.7. The van der Waals surface area contributed by atoms with Crippen molar-refractivity contribution in [2.45, 2.75) is 26.4 Å². The van der Waals surface area contributed by atoms with Crippen LogP contribution < -0.4 is 0 Å². The zero-order valence-electron chi connectivity index (χ0n) is 16.9. The number of amides is 2. The van der Waals surface area contributed by atoms with E-state index in [9.17, 15) is 9.59 Å². The van der Waals surface area contributed by atoms with Crippen LogP contribution in [0.1, 0.15) is 41.3 Å². The molecule has 0 spiro atoms. The van der Waals surface area contributed by atoms with Gasteiger partial charge in [0.25, 0.3) is 5.91 Å². The minimum Gasteiger partial charge on any atom is -0.367 e. The van der Waals surface area contributed by atoms with E-state index < -0.39 is 0 Å². The average Bonchev–Trinajstić information content (AvgIpc) is 2.74. The first-order chi connectivity index (χ1) is 14.0. The molecule has 0 unspecified atom stereocenters. The molecule has 1 aliphatic rings. The number of nitrogens with zero attached hydrogens (tertiary/aromatic N) is 2. The number of hydrogen-bond acceptors (Lipinski definition) is 3. The molecule has 1 heterocycles. The molecule has 5 nitrogen and oxygen atoms in total. The number of halogens is 1. The quantitative estimate of drug-likeness (QED) is 0.718. The van der Waals surface area contributed by atoms with Gasteiger partial charge >= 0.3 is 0 Å². The number of ether oxygens (including phenoxy) is 1. The SMILES string of the molecule is CC(C)c1ccc(C(=O)N2CCN(C(=O)COCc3ccccc3Cl)CC2)cc1. The average molecular weight is 415 g/mol. The minimum atomic E-state index is -0.0644. The largest absolute Gasteiger partial charge is 0.367 e. The Morgan fingerprint density at radius 1 is 0.966 bits per heavy atom. The lowest BCUT2D eigenvalue weighted by atomic mass is 10.0. The van der Waals surface area contributed by atoms with E-state index in [1.54, 1.807) is 15.9 Å². The molecule has 0 radical (unpaired) electrons. The summed E-state index contributed by atoms with van der Waals surface area (Å²) in [6, 6.07) is 15.2. The molecule has 2 aromatic rings. The second kappa shape index (κ2) is 9.90. The van der Waals surface area contributed by atoms with Gasteiger partial charge in [0.1, 0.15) is 6.61 Å². The Bertz CT molecular complexity index is 843. The number of rotatable bonds is 6. The molecule has 154 valence electrons. The first-order valence-corrected chi connectivity index (χ1v) is 10.3. The third kappa shape index (κ3) is 5.58. The fourth-order valence-electron chi connectivity index (χ4n) is 3.31. The fourth-order valence-corrected chi connectivity index (χ4v) is 3.50. The molecule has 0 saturated carbocycles. The Morgan fingerprint density at radius 3 is 2.21 bits per heavy atom. The maximum atomic E-state index is 12.7. The molecule has 1 saturated heterocycles. The van der Waals surface area contributed by atoms with Crippen LogP contribution in [0.25, 0.3) is 0 Å². The number of carbonyl (C=O) groups is 2. The van der Waals surface area contributed by atoms with E-state index in [4.69, 9.17) is 16.3 Å². The zero-order chi connectivity index (χ0) is 20.8. The Labute approximate surface area is 177 Å². The van der Waals surface area contributed by atoms with Crippen LogP contribution in [0.2, 0.25) is 5.02 Å². The van der Waals surface area contributed by atoms with Crippen LogP contribution in [0, 0.1) is 0 Å². The predicted octanol–water partition coefficient (Wildman–Crippen LogP) is 3.96. The molecule has 3 rings (SSSR count). The van der Waals surface area contributed by atoms with E-state index in [0.29, 0.717) is 49.3 Å². The summed E-state index contributed by atoms with van der Waals surface area (Å²) in [7, 11) is 0. The Morgan fingerprint density at radius 2 is 1.59 bits per heavy atom. The van der Waals surface area contributed by atoms with Crippen molar-refractivity contribution in [3.63, 3.8) is 0 Å². The summed E-state index contributed by atoms with van der Waals surface area (Å²) >= 11 is 6.10. The van der Waals surface area contributed by atoms with Crippen molar-refractivity contribution in [1.82, 2.24) is 9.80 Å². The number of carbonyl (C=O) groups excluding carboxylic acids is 2. The third-order valence-corrected chi connectivity index (χ3v) is 5.55. The Hall–Kier alpha value is -2.37. The molecule has 0 aliphatic carbocycles. The second-order valence-corrected chi connectivity index (χ2v) is 7.94. The smallest absolute Gasteiger partial charge is 0.253 e. The van der Waals surface area contributed by atoms with Crippen molar-refractivity contribution >= 4 is 23.4 Å². The summed E-state index contributed by atoms with van der Waals surface area (Å²) in [4.78, 5) is 28.6. The van der Waals surface area contributed by atoms with Gasteiger partial charge in [0.15, 0.2) is 0 Å². The molecule has 29 heavy (non-hydrogen) atoms. The predicted molar refractivity (Wildman–Crippen MR) is 114 cm³/mol. The number of hydrogen-bond donors (Lipinski definition) is 0. The first kappa shape index (κ1) is 21.3. The summed E-state index contributed by atoms with van der Waals surface area (Å²) in [5, 5.41) is 0.633. The van der Waals surface area contributed by atoms with Gasteiger partial charge in [-0.1, -0.05) is 55.8 Å². The van der Waals surface area contributed by atoms with Crippen LogP contribution in [-0.4, -0.2) is 54.4 Å². The van der Waals surface area contributed by atoms with Crippen molar-refractivity contribution in [2.75, 3.05) is 32.8 Å². The van der Waals surface area contributed by atoms with Crippen molar-refractivity contribution in [3.8, 4) is 0 Å². The molecule has 2 amide bonds. The van der Waals surface area contributed by atoms with Gasteiger partial charge < -0.3 is 14.5 Å². The van der Waals surface area contributed by atoms with Gasteiger partial charge in [-0.2, -0.15) is 0 Å². The summed E-state index contributed by atoms with van der Waals surface area (Å²) < 4.78 is 5.53. The van der Waals surface area contributed by atoms with E-state index in [-0.39, 0.29) is 18.4 Å². The lowest BCUT2D eigenvalue weighted by molar-refractivity contribution is -0.138. The van der Waals surface area contributed by atoms with Gasteiger partial charge in [-0.05, 0) is 35.2 Å². The monoisotopic (exact) mass is 414 g/mol. The maximum Gasteiger partial charge on any atom is 0.253 e. The maximum absolute atomic E-state index is 12.7. The van der Waals surface area contributed by atoms with E-state index in [1.807, 2.05) is 42.5 Å². The van der Waals surface area contributed by atoms with Crippen LogP contribution in [0.15, 0.2) is 48.5 Å². The van der Waals surface area contributed by atoms with E-state index in [2.05, 4.69) is 13.8 Å². The Kier molecular flexibility index (Phi) is 7.29. The van der Waals surface area contributed by atoms with Crippen LogP contribution in [0.4, 0.5) is 0 Å². The van der Waals surface area contributed by atoms with Crippen LogP contribution in [0.5, 0.6) is 0 Å². The second-order valence-electron chi connectivity index (χ2n) is 7.53. The molecule has 0 bridgehead atoms. The number of piperazine rings is 1. The van der Waals surface area contributed by atoms with Crippen LogP contribution in [-0.2, 0) is 16.1 Å². The van der Waals surface area contributed by atoms with Crippen LogP contribution >= 0.6 is 11.6 Å². The standard InChI is InChI=1S/C23H27ClN2O3/c1-17(2)18-7-9-19(10-8-18)23(28)26-13-11-25(12-14-26)22(27)16-29-15-20-5-3-4-6-21(20)24/h3-10,17H,11-16H2,1-2H3. The highest BCUT2D eigenvalue weighted by Gasteiger charge is 2.25.